The Labute approximate surface area is 121 Å². The van der Waals surface area contributed by atoms with Gasteiger partial charge in [-0.05, 0) is 31.2 Å². The van der Waals surface area contributed by atoms with Crippen molar-refractivity contribution in [1.29, 1.82) is 0 Å². The minimum atomic E-state index is -0.0213. The van der Waals surface area contributed by atoms with E-state index in [1.54, 1.807) is 13.2 Å². The Kier molecular flexibility index (Phi) is 4.51. The first-order valence-corrected chi connectivity index (χ1v) is 6.93. The summed E-state index contributed by atoms with van der Waals surface area (Å²) in [5.74, 6) is 0.566. The lowest BCUT2D eigenvalue weighted by atomic mass is 10.1. The zero-order valence-corrected chi connectivity index (χ0v) is 12.2. The summed E-state index contributed by atoms with van der Waals surface area (Å²) in [6.45, 7) is 1.54. The first-order valence-electron chi connectivity index (χ1n) is 5.74. The molecule has 0 spiro atoms. The number of carbonyl (C=O) groups excluding carboxylic acids is 1. The van der Waals surface area contributed by atoms with Gasteiger partial charge < -0.3 is 4.74 Å². The first kappa shape index (κ1) is 14.0. The van der Waals surface area contributed by atoms with E-state index < -0.39 is 0 Å². The van der Waals surface area contributed by atoms with Gasteiger partial charge in [-0.2, -0.15) is 0 Å². The lowest BCUT2D eigenvalue weighted by molar-refractivity contribution is 0.101. The molecule has 4 heteroatoms. The number of ether oxygens (including phenoxy) is 1. The van der Waals surface area contributed by atoms with Gasteiger partial charge in [-0.3, -0.25) is 4.79 Å². The average Bonchev–Trinajstić information content (AvgIpc) is 2.40. The van der Waals surface area contributed by atoms with Crippen LogP contribution in [0.1, 0.15) is 17.3 Å². The van der Waals surface area contributed by atoms with Crippen LogP contribution in [0.25, 0.3) is 0 Å². The Morgan fingerprint density at radius 1 is 1.11 bits per heavy atom. The molecule has 0 aliphatic heterocycles. The summed E-state index contributed by atoms with van der Waals surface area (Å²) in [6.07, 6.45) is 0. The van der Waals surface area contributed by atoms with Crippen molar-refractivity contribution in [3.63, 3.8) is 0 Å². The summed E-state index contributed by atoms with van der Waals surface area (Å²) >= 11 is 7.61. The second-order valence-corrected chi connectivity index (χ2v) is 5.41. The summed E-state index contributed by atoms with van der Waals surface area (Å²) in [6, 6.07) is 13.1. The summed E-state index contributed by atoms with van der Waals surface area (Å²) in [5, 5.41) is 0.671. The number of halogens is 1. The molecule has 2 aromatic rings. The van der Waals surface area contributed by atoms with E-state index in [4.69, 9.17) is 16.3 Å². The quantitative estimate of drug-likeness (QED) is 0.764. The number of benzene rings is 2. The maximum atomic E-state index is 11.8. The van der Waals surface area contributed by atoms with Crippen LogP contribution < -0.4 is 4.74 Å². The van der Waals surface area contributed by atoms with Crippen LogP contribution in [0.4, 0.5) is 0 Å². The van der Waals surface area contributed by atoms with Gasteiger partial charge in [0, 0.05) is 9.79 Å². The maximum Gasteiger partial charge on any atom is 0.164 e. The SMILES string of the molecule is COc1cccc(Sc2ccccc2Cl)c1C(C)=O. The zero-order chi connectivity index (χ0) is 13.8. The Bertz CT molecular complexity index is 611. The molecular formula is C15H13ClO2S. The van der Waals surface area contributed by atoms with Crippen LogP contribution in [0.15, 0.2) is 52.3 Å². The molecule has 0 atom stereocenters. The van der Waals surface area contributed by atoms with Crippen LogP contribution in [0, 0.1) is 0 Å². The molecule has 0 aromatic heterocycles. The van der Waals surface area contributed by atoms with E-state index in [2.05, 4.69) is 0 Å². The standard InChI is InChI=1S/C15H13ClO2S/c1-10(17)15-12(18-2)7-5-9-14(15)19-13-8-4-3-6-11(13)16/h3-9H,1-2H3. The normalized spacial score (nSPS) is 10.3. The number of Topliss-reactive ketones (excluding diaryl/α,β-unsaturated/α-hetero) is 1. The van der Waals surface area contributed by atoms with Crippen molar-refractivity contribution >= 4 is 29.1 Å². The summed E-state index contributed by atoms with van der Waals surface area (Å²) in [5.41, 5.74) is 0.593. The van der Waals surface area contributed by atoms with Gasteiger partial charge in [0.25, 0.3) is 0 Å². The molecule has 0 saturated carbocycles. The summed E-state index contributed by atoms with van der Waals surface area (Å²) in [7, 11) is 1.56. The van der Waals surface area contributed by atoms with Crippen molar-refractivity contribution in [2.24, 2.45) is 0 Å². The van der Waals surface area contributed by atoms with E-state index in [1.165, 1.54) is 18.7 Å². The highest BCUT2D eigenvalue weighted by Crippen LogP contribution is 2.38. The molecule has 0 aliphatic rings. The molecule has 2 rings (SSSR count). The van der Waals surface area contributed by atoms with Crippen LogP contribution in [0.5, 0.6) is 5.75 Å². The van der Waals surface area contributed by atoms with Crippen molar-refractivity contribution in [3.05, 3.63) is 53.1 Å². The fourth-order valence-electron chi connectivity index (χ4n) is 1.76. The molecule has 0 aliphatic carbocycles. The van der Waals surface area contributed by atoms with Gasteiger partial charge in [0.2, 0.25) is 0 Å². The van der Waals surface area contributed by atoms with Crippen LogP contribution in [-0.4, -0.2) is 12.9 Å². The average molecular weight is 293 g/mol. The van der Waals surface area contributed by atoms with Crippen LogP contribution in [0.2, 0.25) is 5.02 Å². The topological polar surface area (TPSA) is 26.3 Å². The summed E-state index contributed by atoms with van der Waals surface area (Å²) < 4.78 is 5.25. The number of carbonyl (C=O) groups is 1. The largest absolute Gasteiger partial charge is 0.496 e. The first-order chi connectivity index (χ1) is 9.13. The molecule has 0 heterocycles. The third-order valence-electron chi connectivity index (χ3n) is 2.62. The van der Waals surface area contributed by atoms with Crippen molar-refractivity contribution in [1.82, 2.24) is 0 Å². The predicted octanol–water partition coefficient (Wildman–Crippen LogP) is 4.70. The Morgan fingerprint density at radius 3 is 2.42 bits per heavy atom. The van der Waals surface area contributed by atoms with E-state index in [-0.39, 0.29) is 5.78 Å². The van der Waals surface area contributed by atoms with Crippen LogP contribution in [0.3, 0.4) is 0 Å². The Morgan fingerprint density at radius 2 is 1.79 bits per heavy atom. The molecule has 19 heavy (non-hydrogen) atoms. The van der Waals surface area contributed by atoms with E-state index in [1.807, 2.05) is 36.4 Å². The lowest BCUT2D eigenvalue weighted by Crippen LogP contribution is -1.99. The predicted molar refractivity (Wildman–Crippen MR) is 78.6 cm³/mol. The Balaban J connectivity index is 2.46. The fraction of sp³-hybridized carbons (Fsp3) is 0.133. The molecule has 0 saturated heterocycles. The zero-order valence-electron chi connectivity index (χ0n) is 10.6. The Hall–Kier alpha value is -1.45. The van der Waals surface area contributed by atoms with Gasteiger partial charge in [-0.25, -0.2) is 0 Å². The molecule has 2 nitrogen and oxygen atoms in total. The number of hydrogen-bond donors (Lipinski definition) is 0. The van der Waals surface area contributed by atoms with Crippen LogP contribution in [-0.2, 0) is 0 Å². The fourth-order valence-corrected chi connectivity index (χ4v) is 3.05. The van der Waals surface area contributed by atoms with E-state index in [0.29, 0.717) is 16.3 Å². The highest BCUT2D eigenvalue weighted by atomic mass is 35.5. The van der Waals surface area contributed by atoms with Crippen molar-refractivity contribution in [2.75, 3.05) is 7.11 Å². The van der Waals surface area contributed by atoms with Gasteiger partial charge >= 0.3 is 0 Å². The molecule has 0 bridgehead atoms. The van der Waals surface area contributed by atoms with Gasteiger partial charge in [0.05, 0.1) is 17.7 Å². The third-order valence-corrected chi connectivity index (χ3v) is 4.19. The number of hydrogen-bond acceptors (Lipinski definition) is 3. The smallest absolute Gasteiger partial charge is 0.164 e. The highest BCUT2D eigenvalue weighted by molar-refractivity contribution is 7.99. The van der Waals surface area contributed by atoms with Gasteiger partial charge in [0.1, 0.15) is 5.75 Å². The highest BCUT2D eigenvalue weighted by Gasteiger charge is 2.15. The van der Waals surface area contributed by atoms with Crippen molar-refractivity contribution < 1.29 is 9.53 Å². The molecule has 0 unspecified atom stereocenters. The van der Waals surface area contributed by atoms with Gasteiger partial charge in [-0.15, -0.1) is 0 Å². The second-order valence-electron chi connectivity index (χ2n) is 3.92. The molecule has 0 amide bonds. The van der Waals surface area contributed by atoms with E-state index in [9.17, 15) is 4.79 Å². The molecule has 98 valence electrons. The second kappa shape index (κ2) is 6.13. The van der Waals surface area contributed by atoms with E-state index >= 15 is 0 Å². The molecular weight excluding hydrogens is 280 g/mol. The van der Waals surface area contributed by atoms with Gasteiger partial charge in [0.15, 0.2) is 5.78 Å². The molecule has 0 N–H and O–H groups in total. The minimum Gasteiger partial charge on any atom is -0.496 e. The molecule has 2 aromatic carbocycles. The lowest BCUT2D eigenvalue weighted by Gasteiger charge is -2.11. The number of ketones is 1. The summed E-state index contributed by atoms with van der Waals surface area (Å²) in [4.78, 5) is 13.6. The number of rotatable bonds is 4. The van der Waals surface area contributed by atoms with Gasteiger partial charge in [-0.1, -0.05) is 41.6 Å². The van der Waals surface area contributed by atoms with Crippen molar-refractivity contribution in [3.8, 4) is 5.75 Å². The third kappa shape index (κ3) is 3.11. The monoisotopic (exact) mass is 292 g/mol. The van der Waals surface area contributed by atoms with Crippen LogP contribution >= 0.6 is 23.4 Å². The van der Waals surface area contributed by atoms with Crippen molar-refractivity contribution in [2.45, 2.75) is 16.7 Å². The van der Waals surface area contributed by atoms with E-state index in [0.717, 1.165) is 9.79 Å². The maximum absolute atomic E-state index is 11.8. The molecule has 0 radical (unpaired) electrons. The minimum absolute atomic E-state index is 0.0213. The number of methoxy groups -OCH3 is 1. The molecule has 0 fully saturated rings.